The Bertz CT molecular complexity index is 408. The molecular formula is C15H24N2O. The van der Waals surface area contributed by atoms with Gasteiger partial charge in [-0.15, -0.1) is 0 Å². The third kappa shape index (κ3) is 3.01. The molecule has 1 heterocycles. The summed E-state index contributed by atoms with van der Waals surface area (Å²) in [7, 11) is 1.97. The number of nitrogens with zero attached hydrogens (tertiary/aromatic N) is 2. The molecule has 0 amide bonds. The largest absolute Gasteiger partial charge is 0.299 e. The molecule has 3 nitrogen and oxygen atoms in total. The average Bonchev–Trinajstić information content (AvgIpc) is 2.73. The van der Waals surface area contributed by atoms with Crippen LogP contribution in [0.25, 0.3) is 0 Å². The number of hydrogen-bond donors (Lipinski definition) is 0. The minimum absolute atomic E-state index is 0.279. The highest BCUT2D eigenvalue weighted by Gasteiger charge is 2.29. The van der Waals surface area contributed by atoms with Crippen molar-refractivity contribution >= 4 is 5.78 Å². The molecule has 0 aliphatic heterocycles. The Labute approximate surface area is 110 Å². The maximum atomic E-state index is 12.0. The van der Waals surface area contributed by atoms with Crippen molar-refractivity contribution in [3.63, 3.8) is 0 Å². The van der Waals surface area contributed by atoms with Crippen LogP contribution >= 0.6 is 0 Å². The molecule has 1 aliphatic carbocycles. The molecule has 18 heavy (non-hydrogen) atoms. The maximum absolute atomic E-state index is 12.0. The zero-order valence-electron chi connectivity index (χ0n) is 11.7. The van der Waals surface area contributed by atoms with Crippen molar-refractivity contribution in [1.82, 2.24) is 9.78 Å². The number of Topliss-reactive ketones (excluding diaryl/α,β-unsaturated/α-hetero) is 1. The third-order valence-corrected chi connectivity index (χ3v) is 4.42. The van der Waals surface area contributed by atoms with Crippen LogP contribution in [0.15, 0.2) is 12.3 Å². The SMILES string of the molecule is CC(C)C1CCC(=O)C(CCc2ccnn2C)C1. The van der Waals surface area contributed by atoms with E-state index in [1.807, 2.05) is 24.0 Å². The van der Waals surface area contributed by atoms with Crippen molar-refractivity contribution in [2.45, 2.75) is 46.0 Å². The Morgan fingerprint density at radius 2 is 2.28 bits per heavy atom. The molecule has 1 aliphatic rings. The molecule has 0 bridgehead atoms. The Morgan fingerprint density at radius 3 is 2.89 bits per heavy atom. The second-order valence-electron chi connectivity index (χ2n) is 5.93. The Morgan fingerprint density at radius 1 is 1.50 bits per heavy atom. The first-order valence-electron chi connectivity index (χ1n) is 7.07. The third-order valence-electron chi connectivity index (χ3n) is 4.42. The van der Waals surface area contributed by atoms with E-state index in [0.717, 1.165) is 38.0 Å². The van der Waals surface area contributed by atoms with Gasteiger partial charge in [-0.2, -0.15) is 5.10 Å². The van der Waals surface area contributed by atoms with Gasteiger partial charge in [-0.05, 0) is 43.6 Å². The Hall–Kier alpha value is -1.12. The van der Waals surface area contributed by atoms with Gasteiger partial charge in [-0.3, -0.25) is 9.48 Å². The highest BCUT2D eigenvalue weighted by atomic mass is 16.1. The summed E-state index contributed by atoms with van der Waals surface area (Å²) in [6.07, 6.45) is 6.76. The zero-order valence-corrected chi connectivity index (χ0v) is 11.7. The molecule has 100 valence electrons. The van der Waals surface area contributed by atoms with Crippen molar-refractivity contribution in [3.8, 4) is 0 Å². The second-order valence-corrected chi connectivity index (χ2v) is 5.93. The van der Waals surface area contributed by atoms with E-state index in [0.29, 0.717) is 11.7 Å². The standard InChI is InChI=1S/C15H24N2O/c1-11(2)12-5-7-15(18)13(10-12)4-6-14-8-9-16-17(14)3/h8-9,11-13H,4-7,10H2,1-3H3. The van der Waals surface area contributed by atoms with Crippen LogP contribution in [0.1, 0.15) is 45.2 Å². The van der Waals surface area contributed by atoms with Gasteiger partial charge >= 0.3 is 0 Å². The Balaban J connectivity index is 1.91. The summed E-state index contributed by atoms with van der Waals surface area (Å²) in [6, 6.07) is 2.05. The van der Waals surface area contributed by atoms with E-state index in [9.17, 15) is 4.79 Å². The van der Waals surface area contributed by atoms with Crippen LogP contribution in [-0.2, 0) is 18.3 Å². The number of carbonyl (C=O) groups excluding carboxylic acids is 1. The summed E-state index contributed by atoms with van der Waals surface area (Å²) < 4.78 is 1.91. The quantitative estimate of drug-likeness (QED) is 0.821. The number of aryl methyl sites for hydroxylation is 2. The van der Waals surface area contributed by atoms with E-state index in [4.69, 9.17) is 0 Å². The van der Waals surface area contributed by atoms with E-state index in [1.165, 1.54) is 5.69 Å². The van der Waals surface area contributed by atoms with E-state index in [1.54, 1.807) is 0 Å². The topological polar surface area (TPSA) is 34.9 Å². The highest BCUT2D eigenvalue weighted by molar-refractivity contribution is 5.81. The summed E-state index contributed by atoms with van der Waals surface area (Å²) in [5, 5.41) is 4.17. The van der Waals surface area contributed by atoms with Gasteiger partial charge in [-0.1, -0.05) is 13.8 Å². The van der Waals surface area contributed by atoms with Crippen LogP contribution in [0, 0.1) is 17.8 Å². The van der Waals surface area contributed by atoms with Gasteiger partial charge in [0.1, 0.15) is 5.78 Å². The molecule has 0 N–H and O–H groups in total. The summed E-state index contributed by atoms with van der Waals surface area (Å²) in [6.45, 7) is 4.55. The fraction of sp³-hybridized carbons (Fsp3) is 0.733. The fourth-order valence-corrected chi connectivity index (χ4v) is 3.00. The van der Waals surface area contributed by atoms with Gasteiger partial charge in [0.25, 0.3) is 0 Å². The van der Waals surface area contributed by atoms with Crippen LogP contribution in [0.3, 0.4) is 0 Å². The van der Waals surface area contributed by atoms with E-state index in [-0.39, 0.29) is 5.92 Å². The van der Waals surface area contributed by atoms with E-state index in [2.05, 4.69) is 18.9 Å². The lowest BCUT2D eigenvalue weighted by Crippen LogP contribution is -2.28. The summed E-state index contributed by atoms with van der Waals surface area (Å²) in [5.74, 6) is 2.20. The normalized spacial score (nSPS) is 24.8. The molecule has 1 aromatic heterocycles. The van der Waals surface area contributed by atoms with Gasteiger partial charge in [0.15, 0.2) is 0 Å². The van der Waals surface area contributed by atoms with Crippen LogP contribution in [0.4, 0.5) is 0 Å². The number of ketones is 1. The van der Waals surface area contributed by atoms with Crippen LogP contribution in [-0.4, -0.2) is 15.6 Å². The molecule has 1 saturated carbocycles. The van der Waals surface area contributed by atoms with E-state index < -0.39 is 0 Å². The molecule has 0 radical (unpaired) electrons. The first kappa shape index (κ1) is 13.3. The van der Waals surface area contributed by atoms with Crippen LogP contribution in [0.2, 0.25) is 0 Å². The van der Waals surface area contributed by atoms with Gasteiger partial charge in [0.05, 0.1) is 0 Å². The molecule has 2 atom stereocenters. The smallest absolute Gasteiger partial charge is 0.136 e. The fourth-order valence-electron chi connectivity index (χ4n) is 3.00. The van der Waals surface area contributed by atoms with Crippen LogP contribution < -0.4 is 0 Å². The molecule has 2 rings (SSSR count). The van der Waals surface area contributed by atoms with E-state index >= 15 is 0 Å². The molecule has 1 fully saturated rings. The predicted octanol–water partition coefficient (Wildman–Crippen LogP) is 2.99. The van der Waals surface area contributed by atoms with Crippen molar-refractivity contribution in [2.75, 3.05) is 0 Å². The minimum atomic E-state index is 0.279. The molecule has 0 saturated heterocycles. The van der Waals surface area contributed by atoms with Crippen molar-refractivity contribution < 1.29 is 4.79 Å². The monoisotopic (exact) mass is 248 g/mol. The second kappa shape index (κ2) is 5.68. The molecule has 1 aromatic rings. The first-order valence-corrected chi connectivity index (χ1v) is 7.07. The van der Waals surface area contributed by atoms with Gasteiger partial charge in [0.2, 0.25) is 0 Å². The first-order chi connectivity index (χ1) is 8.58. The van der Waals surface area contributed by atoms with Crippen molar-refractivity contribution in [1.29, 1.82) is 0 Å². The molecule has 2 unspecified atom stereocenters. The number of hydrogen-bond acceptors (Lipinski definition) is 2. The van der Waals surface area contributed by atoms with Gasteiger partial charge in [0, 0.05) is 31.3 Å². The number of aromatic nitrogens is 2. The summed E-state index contributed by atoms with van der Waals surface area (Å²) >= 11 is 0. The lowest BCUT2D eigenvalue weighted by atomic mass is 9.74. The van der Waals surface area contributed by atoms with Gasteiger partial charge < -0.3 is 0 Å². The average molecular weight is 248 g/mol. The van der Waals surface area contributed by atoms with Gasteiger partial charge in [-0.25, -0.2) is 0 Å². The highest BCUT2D eigenvalue weighted by Crippen LogP contribution is 2.33. The predicted molar refractivity (Wildman–Crippen MR) is 72.2 cm³/mol. The number of rotatable bonds is 4. The maximum Gasteiger partial charge on any atom is 0.136 e. The zero-order chi connectivity index (χ0) is 13.1. The molecule has 0 aromatic carbocycles. The molecule has 3 heteroatoms. The molecular weight excluding hydrogens is 224 g/mol. The lowest BCUT2D eigenvalue weighted by molar-refractivity contribution is -0.126. The summed E-state index contributed by atoms with van der Waals surface area (Å²) in [4.78, 5) is 12.0. The lowest BCUT2D eigenvalue weighted by Gasteiger charge is -2.30. The number of carbonyl (C=O) groups is 1. The molecule has 0 spiro atoms. The van der Waals surface area contributed by atoms with Crippen molar-refractivity contribution in [2.24, 2.45) is 24.8 Å². The van der Waals surface area contributed by atoms with Crippen LogP contribution in [0.5, 0.6) is 0 Å². The Kier molecular flexibility index (Phi) is 4.20. The van der Waals surface area contributed by atoms with Crippen molar-refractivity contribution in [3.05, 3.63) is 18.0 Å². The minimum Gasteiger partial charge on any atom is -0.299 e. The summed E-state index contributed by atoms with van der Waals surface area (Å²) in [5.41, 5.74) is 1.23.